The highest BCUT2D eigenvalue weighted by atomic mass is 14.3. The molecule has 0 atom stereocenters. The molecule has 0 bridgehead atoms. The molecular formula is C29H41. The molecule has 2 aromatic rings. The Balaban J connectivity index is 2.25. The fraction of sp³-hybridized carbons (Fsp3) is 0.552. The number of rotatable bonds is 12. The molecule has 1 aliphatic rings. The summed E-state index contributed by atoms with van der Waals surface area (Å²) in [5.41, 5.74) is 13.0. The van der Waals surface area contributed by atoms with E-state index in [1.54, 1.807) is 33.4 Å². The van der Waals surface area contributed by atoms with Gasteiger partial charge in [0.05, 0.1) is 0 Å². The summed E-state index contributed by atoms with van der Waals surface area (Å²) in [4.78, 5) is 0. The molecule has 29 heavy (non-hydrogen) atoms. The smallest absolute Gasteiger partial charge is 0.0214 e. The average Bonchev–Trinajstić information content (AvgIpc) is 3.13. The van der Waals surface area contributed by atoms with Gasteiger partial charge in [-0.05, 0) is 95.9 Å². The second kappa shape index (κ2) is 11.0. The first-order chi connectivity index (χ1) is 14.3. The molecular weight excluding hydrogens is 348 g/mol. The number of benzene rings is 2. The van der Waals surface area contributed by atoms with Crippen LogP contribution in [0.5, 0.6) is 0 Å². The third kappa shape index (κ3) is 4.79. The minimum Gasteiger partial charge on any atom is -0.0654 e. The molecule has 0 aliphatic heterocycles. The Morgan fingerprint density at radius 2 is 1.03 bits per heavy atom. The summed E-state index contributed by atoms with van der Waals surface area (Å²) in [6.07, 6.45) is 17.9. The van der Waals surface area contributed by atoms with Gasteiger partial charge in [0.1, 0.15) is 0 Å². The molecule has 0 heterocycles. The SMILES string of the molecule is CCCCc1c2c(c(CCCC)c(CCCC)c1CCCC)-c1ccccc1[CH]2. The van der Waals surface area contributed by atoms with Crippen LogP contribution in [0.3, 0.4) is 0 Å². The molecule has 0 spiro atoms. The summed E-state index contributed by atoms with van der Waals surface area (Å²) < 4.78 is 0. The Kier molecular flexibility index (Phi) is 8.40. The molecule has 0 aromatic heterocycles. The van der Waals surface area contributed by atoms with Crippen molar-refractivity contribution in [1.29, 1.82) is 0 Å². The van der Waals surface area contributed by atoms with Crippen molar-refractivity contribution in [3.8, 4) is 11.1 Å². The van der Waals surface area contributed by atoms with Crippen LogP contribution in [0, 0.1) is 6.42 Å². The first-order valence-electron chi connectivity index (χ1n) is 12.4. The molecule has 3 rings (SSSR count). The van der Waals surface area contributed by atoms with Crippen molar-refractivity contribution in [3.63, 3.8) is 0 Å². The summed E-state index contributed by atoms with van der Waals surface area (Å²) in [6, 6.07) is 9.12. The van der Waals surface area contributed by atoms with Crippen LogP contribution in [-0.2, 0) is 25.7 Å². The highest BCUT2D eigenvalue weighted by molar-refractivity contribution is 5.86. The lowest BCUT2D eigenvalue weighted by Crippen LogP contribution is -2.10. The molecule has 0 unspecified atom stereocenters. The van der Waals surface area contributed by atoms with Crippen molar-refractivity contribution in [2.24, 2.45) is 0 Å². The molecule has 0 amide bonds. The quantitative estimate of drug-likeness (QED) is 0.291. The van der Waals surface area contributed by atoms with Crippen molar-refractivity contribution >= 4 is 0 Å². The van der Waals surface area contributed by atoms with Gasteiger partial charge in [0.25, 0.3) is 0 Å². The van der Waals surface area contributed by atoms with Crippen LogP contribution in [0.1, 0.15) is 112 Å². The Hall–Kier alpha value is -1.56. The minimum atomic E-state index is 1.24. The fourth-order valence-electron chi connectivity index (χ4n) is 5.04. The first kappa shape index (κ1) is 22.1. The number of fused-ring (bicyclic) bond motifs is 3. The van der Waals surface area contributed by atoms with Gasteiger partial charge in [0, 0.05) is 6.42 Å². The van der Waals surface area contributed by atoms with E-state index in [1.807, 2.05) is 0 Å². The van der Waals surface area contributed by atoms with Crippen LogP contribution in [0.4, 0.5) is 0 Å². The van der Waals surface area contributed by atoms with Crippen molar-refractivity contribution in [2.45, 2.75) is 105 Å². The number of hydrogen-bond donors (Lipinski definition) is 0. The zero-order valence-corrected chi connectivity index (χ0v) is 19.4. The van der Waals surface area contributed by atoms with Gasteiger partial charge in [-0.15, -0.1) is 0 Å². The van der Waals surface area contributed by atoms with Crippen LogP contribution < -0.4 is 0 Å². The third-order valence-corrected chi connectivity index (χ3v) is 6.64. The van der Waals surface area contributed by atoms with Gasteiger partial charge >= 0.3 is 0 Å². The van der Waals surface area contributed by atoms with E-state index in [1.165, 1.54) is 88.2 Å². The molecule has 2 aromatic carbocycles. The highest BCUT2D eigenvalue weighted by Gasteiger charge is 2.28. The monoisotopic (exact) mass is 389 g/mol. The number of unbranched alkanes of at least 4 members (excludes halogenated alkanes) is 4. The molecule has 0 saturated carbocycles. The van der Waals surface area contributed by atoms with Crippen LogP contribution in [0.25, 0.3) is 11.1 Å². The zero-order chi connectivity index (χ0) is 20.6. The number of hydrogen-bond acceptors (Lipinski definition) is 0. The molecule has 0 heteroatoms. The van der Waals surface area contributed by atoms with Crippen LogP contribution >= 0.6 is 0 Å². The van der Waals surface area contributed by atoms with Gasteiger partial charge < -0.3 is 0 Å². The predicted octanol–water partition coefficient (Wildman–Crippen LogP) is 8.64. The lowest BCUT2D eigenvalue weighted by atomic mass is 9.80. The summed E-state index contributed by atoms with van der Waals surface area (Å²) in [5.74, 6) is 0. The van der Waals surface area contributed by atoms with Gasteiger partial charge in [-0.1, -0.05) is 77.6 Å². The van der Waals surface area contributed by atoms with E-state index in [-0.39, 0.29) is 0 Å². The van der Waals surface area contributed by atoms with E-state index in [0.29, 0.717) is 0 Å². The fourth-order valence-corrected chi connectivity index (χ4v) is 5.04. The predicted molar refractivity (Wildman–Crippen MR) is 129 cm³/mol. The minimum absolute atomic E-state index is 1.24. The second-order valence-electron chi connectivity index (χ2n) is 8.85. The first-order valence-corrected chi connectivity index (χ1v) is 12.4. The van der Waals surface area contributed by atoms with Crippen LogP contribution in [0.2, 0.25) is 0 Å². The highest BCUT2D eigenvalue weighted by Crippen LogP contribution is 2.46. The molecule has 0 N–H and O–H groups in total. The maximum absolute atomic E-state index is 2.52. The second-order valence-corrected chi connectivity index (χ2v) is 8.85. The van der Waals surface area contributed by atoms with E-state index in [4.69, 9.17) is 0 Å². The van der Waals surface area contributed by atoms with Gasteiger partial charge in [-0.2, -0.15) is 0 Å². The summed E-state index contributed by atoms with van der Waals surface area (Å²) >= 11 is 0. The van der Waals surface area contributed by atoms with Crippen molar-refractivity contribution in [2.75, 3.05) is 0 Å². The van der Waals surface area contributed by atoms with E-state index < -0.39 is 0 Å². The average molecular weight is 390 g/mol. The molecule has 1 radical (unpaired) electrons. The largest absolute Gasteiger partial charge is 0.0654 e. The van der Waals surface area contributed by atoms with Crippen molar-refractivity contribution in [1.82, 2.24) is 0 Å². The van der Waals surface area contributed by atoms with Gasteiger partial charge in [0.2, 0.25) is 0 Å². The van der Waals surface area contributed by atoms with Crippen molar-refractivity contribution in [3.05, 3.63) is 64.1 Å². The lowest BCUT2D eigenvalue weighted by Gasteiger charge is -2.25. The van der Waals surface area contributed by atoms with Gasteiger partial charge in [-0.25, -0.2) is 0 Å². The molecule has 0 fully saturated rings. The van der Waals surface area contributed by atoms with E-state index >= 15 is 0 Å². The van der Waals surface area contributed by atoms with Gasteiger partial charge in [-0.3, -0.25) is 0 Å². The summed E-state index contributed by atoms with van der Waals surface area (Å²) in [5, 5.41) is 0. The Morgan fingerprint density at radius 1 is 0.552 bits per heavy atom. The normalized spacial score (nSPS) is 12.3. The van der Waals surface area contributed by atoms with Crippen molar-refractivity contribution < 1.29 is 0 Å². The Labute approximate surface area is 180 Å². The molecule has 0 nitrogen and oxygen atoms in total. The topological polar surface area (TPSA) is 0 Å². The standard InChI is InChI=1S/C29H41/c1-5-9-16-24-25(17-10-6-2)27(19-12-8-4)29-23-20-14-13-15-22(23)21-28(29)26(24)18-11-7-3/h13-15,20-21H,5-12,16-19H2,1-4H3. The summed E-state index contributed by atoms with van der Waals surface area (Å²) in [7, 11) is 0. The third-order valence-electron chi connectivity index (χ3n) is 6.64. The maximum atomic E-state index is 2.52. The maximum Gasteiger partial charge on any atom is 0.0214 e. The van der Waals surface area contributed by atoms with Crippen LogP contribution in [-0.4, -0.2) is 0 Å². The van der Waals surface area contributed by atoms with E-state index in [2.05, 4.69) is 58.4 Å². The Morgan fingerprint density at radius 3 is 1.62 bits per heavy atom. The summed E-state index contributed by atoms with van der Waals surface area (Å²) in [6.45, 7) is 9.34. The molecule has 157 valence electrons. The molecule has 0 saturated heterocycles. The molecule has 1 aliphatic carbocycles. The van der Waals surface area contributed by atoms with Gasteiger partial charge in [0.15, 0.2) is 0 Å². The zero-order valence-electron chi connectivity index (χ0n) is 19.4. The van der Waals surface area contributed by atoms with E-state index in [0.717, 1.165) is 0 Å². The van der Waals surface area contributed by atoms with Crippen LogP contribution in [0.15, 0.2) is 24.3 Å². The van der Waals surface area contributed by atoms with E-state index in [9.17, 15) is 0 Å². The Bertz CT molecular complexity index is 796. The lowest BCUT2D eigenvalue weighted by molar-refractivity contribution is 0.718.